The molecular formula is C17H22N4O. The second-order valence-electron chi connectivity index (χ2n) is 6.26. The van der Waals surface area contributed by atoms with Gasteiger partial charge in [-0.2, -0.15) is 0 Å². The van der Waals surface area contributed by atoms with Gasteiger partial charge >= 0.3 is 0 Å². The lowest BCUT2D eigenvalue weighted by Gasteiger charge is -2.22. The molecule has 0 saturated heterocycles. The zero-order chi connectivity index (χ0) is 16.3. The molecule has 0 bridgehead atoms. The highest BCUT2D eigenvalue weighted by molar-refractivity contribution is 6.04. The zero-order valence-corrected chi connectivity index (χ0v) is 13.7. The lowest BCUT2D eigenvalue weighted by atomic mass is 10.1. The van der Waals surface area contributed by atoms with E-state index in [1.807, 2.05) is 51.1 Å². The summed E-state index contributed by atoms with van der Waals surface area (Å²) in [6.45, 7) is 7.92. The predicted molar refractivity (Wildman–Crippen MR) is 89.3 cm³/mol. The standard InChI is InChI=1S/C17H22N4O/c1-12-18-14(11-15(19-12)20-17(2,3)4)16(22)21(5)13-9-7-6-8-10-13/h6-11H,1-5H3,(H,18,19,20). The largest absolute Gasteiger partial charge is 0.365 e. The first-order valence-electron chi connectivity index (χ1n) is 7.23. The molecule has 5 nitrogen and oxygen atoms in total. The van der Waals surface area contributed by atoms with Gasteiger partial charge in [0.05, 0.1) is 0 Å². The van der Waals surface area contributed by atoms with Crippen LogP contribution in [0.25, 0.3) is 0 Å². The van der Waals surface area contributed by atoms with E-state index in [-0.39, 0.29) is 11.4 Å². The van der Waals surface area contributed by atoms with Crippen LogP contribution in [0, 0.1) is 6.92 Å². The Morgan fingerprint density at radius 1 is 1.14 bits per heavy atom. The van der Waals surface area contributed by atoms with Gasteiger partial charge in [0.15, 0.2) is 0 Å². The number of nitrogens with zero attached hydrogens (tertiary/aromatic N) is 3. The first-order chi connectivity index (χ1) is 10.3. The third-order valence-corrected chi connectivity index (χ3v) is 3.01. The minimum absolute atomic E-state index is 0.132. The summed E-state index contributed by atoms with van der Waals surface area (Å²) in [5.41, 5.74) is 1.08. The van der Waals surface area contributed by atoms with Crippen molar-refractivity contribution < 1.29 is 4.79 Å². The first kappa shape index (κ1) is 15.9. The van der Waals surface area contributed by atoms with Crippen molar-refractivity contribution in [2.45, 2.75) is 33.2 Å². The van der Waals surface area contributed by atoms with Gasteiger partial charge in [0, 0.05) is 24.3 Å². The number of aryl methyl sites for hydroxylation is 1. The van der Waals surface area contributed by atoms with Crippen molar-refractivity contribution in [2.24, 2.45) is 0 Å². The Labute approximate surface area is 131 Å². The number of nitrogens with one attached hydrogen (secondary N) is 1. The maximum Gasteiger partial charge on any atom is 0.276 e. The van der Waals surface area contributed by atoms with Crippen LogP contribution in [-0.2, 0) is 0 Å². The SMILES string of the molecule is Cc1nc(NC(C)(C)C)cc(C(=O)N(C)c2ccccc2)n1. The molecule has 0 saturated carbocycles. The molecule has 0 fully saturated rings. The molecule has 0 unspecified atom stereocenters. The zero-order valence-electron chi connectivity index (χ0n) is 13.7. The summed E-state index contributed by atoms with van der Waals surface area (Å²) < 4.78 is 0. The third kappa shape index (κ3) is 4.04. The van der Waals surface area contributed by atoms with E-state index in [0.29, 0.717) is 17.3 Å². The number of para-hydroxylation sites is 1. The van der Waals surface area contributed by atoms with Gasteiger partial charge in [-0.3, -0.25) is 4.79 Å². The summed E-state index contributed by atoms with van der Waals surface area (Å²) in [6, 6.07) is 11.2. The van der Waals surface area contributed by atoms with Crippen LogP contribution >= 0.6 is 0 Å². The highest BCUT2D eigenvalue weighted by Gasteiger charge is 2.18. The number of rotatable bonds is 3. The van der Waals surface area contributed by atoms with E-state index in [2.05, 4.69) is 15.3 Å². The molecule has 0 aliphatic carbocycles. The third-order valence-electron chi connectivity index (χ3n) is 3.01. The van der Waals surface area contributed by atoms with Crippen molar-refractivity contribution in [1.82, 2.24) is 9.97 Å². The smallest absolute Gasteiger partial charge is 0.276 e. The molecule has 1 N–H and O–H groups in total. The fourth-order valence-electron chi connectivity index (χ4n) is 2.07. The quantitative estimate of drug-likeness (QED) is 0.945. The Morgan fingerprint density at radius 3 is 2.36 bits per heavy atom. The summed E-state index contributed by atoms with van der Waals surface area (Å²) in [4.78, 5) is 22.8. The first-order valence-corrected chi connectivity index (χ1v) is 7.23. The van der Waals surface area contributed by atoms with E-state index in [0.717, 1.165) is 5.69 Å². The number of aromatic nitrogens is 2. The summed E-state index contributed by atoms with van der Waals surface area (Å²) in [6.07, 6.45) is 0. The molecule has 22 heavy (non-hydrogen) atoms. The van der Waals surface area contributed by atoms with Gasteiger partial charge in [0.2, 0.25) is 0 Å². The van der Waals surface area contributed by atoms with Crippen molar-refractivity contribution >= 4 is 17.4 Å². The molecule has 0 aliphatic rings. The molecule has 0 spiro atoms. The molecule has 116 valence electrons. The molecule has 1 aromatic heterocycles. The monoisotopic (exact) mass is 298 g/mol. The lowest BCUT2D eigenvalue weighted by molar-refractivity contribution is 0.0988. The average molecular weight is 298 g/mol. The minimum Gasteiger partial charge on any atom is -0.365 e. The van der Waals surface area contributed by atoms with Gasteiger partial charge < -0.3 is 10.2 Å². The van der Waals surface area contributed by atoms with Crippen LogP contribution in [-0.4, -0.2) is 28.5 Å². The Balaban J connectivity index is 2.30. The number of carbonyl (C=O) groups is 1. The highest BCUT2D eigenvalue weighted by atomic mass is 16.2. The molecule has 0 aliphatic heterocycles. The molecule has 2 aromatic rings. The maximum atomic E-state index is 12.6. The van der Waals surface area contributed by atoms with Crippen molar-refractivity contribution in [1.29, 1.82) is 0 Å². The molecule has 0 atom stereocenters. The Morgan fingerprint density at radius 2 is 1.77 bits per heavy atom. The van der Waals surface area contributed by atoms with E-state index >= 15 is 0 Å². The number of hydrogen-bond donors (Lipinski definition) is 1. The van der Waals surface area contributed by atoms with Crippen molar-refractivity contribution in [3.8, 4) is 0 Å². The molecular weight excluding hydrogens is 276 g/mol. The summed E-state index contributed by atoms with van der Waals surface area (Å²) in [7, 11) is 1.74. The summed E-state index contributed by atoms with van der Waals surface area (Å²) >= 11 is 0. The van der Waals surface area contributed by atoms with Crippen LogP contribution in [0.4, 0.5) is 11.5 Å². The maximum absolute atomic E-state index is 12.6. The summed E-state index contributed by atoms with van der Waals surface area (Å²) in [5, 5.41) is 3.27. The van der Waals surface area contributed by atoms with Crippen LogP contribution in [0.15, 0.2) is 36.4 Å². The Kier molecular flexibility index (Phi) is 4.45. The number of benzene rings is 1. The Bertz CT molecular complexity index is 662. The molecule has 1 amide bonds. The van der Waals surface area contributed by atoms with Crippen LogP contribution in [0.1, 0.15) is 37.1 Å². The molecule has 2 rings (SSSR count). The highest BCUT2D eigenvalue weighted by Crippen LogP contribution is 2.17. The molecule has 0 radical (unpaired) electrons. The van der Waals surface area contributed by atoms with Crippen molar-refractivity contribution in [3.05, 3.63) is 47.9 Å². The van der Waals surface area contributed by atoms with Crippen LogP contribution < -0.4 is 10.2 Å². The van der Waals surface area contributed by atoms with E-state index in [9.17, 15) is 4.79 Å². The van der Waals surface area contributed by atoms with E-state index < -0.39 is 0 Å². The average Bonchev–Trinajstić information content (AvgIpc) is 2.44. The van der Waals surface area contributed by atoms with Gasteiger partial charge in [-0.05, 0) is 39.8 Å². The number of carbonyl (C=O) groups excluding carboxylic acids is 1. The van der Waals surface area contributed by atoms with Gasteiger partial charge in [0.25, 0.3) is 5.91 Å². The topological polar surface area (TPSA) is 58.1 Å². The molecule has 1 heterocycles. The second kappa shape index (κ2) is 6.13. The Hall–Kier alpha value is -2.43. The van der Waals surface area contributed by atoms with Gasteiger partial charge in [-0.15, -0.1) is 0 Å². The number of hydrogen-bond acceptors (Lipinski definition) is 4. The fraction of sp³-hybridized carbons (Fsp3) is 0.353. The molecule has 1 aromatic carbocycles. The fourth-order valence-corrected chi connectivity index (χ4v) is 2.07. The summed E-state index contributed by atoms with van der Waals surface area (Å²) in [5.74, 6) is 1.07. The van der Waals surface area contributed by atoms with Crippen LogP contribution in [0.3, 0.4) is 0 Å². The van der Waals surface area contributed by atoms with Crippen LogP contribution in [0.2, 0.25) is 0 Å². The normalized spacial score (nSPS) is 11.1. The second-order valence-corrected chi connectivity index (χ2v) is 6.26. The van der Waals surface area contributed by atoms with Crippen molar-refractivity contribution in [2.75, 3.05) is 17.3 Å². The number of amides is 1. The van der Waals surface area contributed by atoms with Gasteiger partial charge in [-0.25, -0.2) is 9.97 Å². The van der Waals surface area contributed by atoms with E-state index in [1.165, 1.54) is 0 Å². The minimum atomic E-state index is -0.159. The van der Waals surface area contributed by atoms with E-state index in [1.54, 1.807) is 24.9 Å². The number of anilines is 2. The van der Waals surface area contributed by atoms with Crippen LogP contribution in [0.5, 0.6) is 0 Å². The predicted octanol–water partition coefficient (Wildman–Crippen LogP) is 3.27. The molecule has 5 heteroatoms. The lowest BCUT2D eigenvalue weighted by Crippen LogP contribution is -2.29. The van der Waals surface area contributed by atoms with E-state index in [4.69, 9.17) is 0 Å². The van der Waals surface area contributed by atoms with Gasteiger partial charge in [-0.1, -0.05) is 18.2 Å². The van der Waals surface area contributed by atoms with Crippen molar-refractivity contribution in [3.63, 3.8) is 0 Å². The van der Waals surface area contributed by atoms with Gasteiger partial charge in [0.1, 0.15) is 17.3 Å².